The van der Waals surface area contributed by atoms with Crippen molar-refractivity contribution in [3.05, 3.63) is 48.9 Å². The van der Waals surface area contributed by atoms with Crippen molar-refractivity contribution < 1.29 is 18.6 Å². The molecule has 0 saturated carbocycles. The molecular formula is C19H13NO4. The van der Waals surface area contributed by atoms with Crippen LogP contribution in [-0.2, 0) is 0 Å². The number of ether oxygens (including phenoxy) is 3. The average molecular weight is 319 g/mol. The molecule has 0 unspecified atom stereocenters. The Bertz CT molecular complexity index is 1080. The lowest BCUT2D eigenvalue weighted by Gasteiger charge is -2.10. The first-order valence-electron chi connectivity index (χ1n) is 7.56. The molecule has 5 heteroatoms. The number of nitrogens with zero attached hydrogens (tertiary/aromatic N) is 1. The molecule has 118 valence electrons. The fraction of sp³-hybridized carbons (Fsp3) is 0.105. The Morgan fingerprint density at radius 2 is 1.88 bits per heavy atom. The number of furan rings is 1. The van der Waals surface area contributed by atoms with Crippen LogP contribution < -0.4 is 14.2 Å². The second-order valence-electron chi connectivity index (χ2n) is 5.65. The molecule has 0 radical (unpaired) electrons. The van der Waals surface area contributed by atoms with Gasteiger partial charge in [-0.2, -0.15) is 0 Å². The van der Waals surface area contributed by atoms with E-state index in [1.807, 2.05) is 30.3 Å². The van der Waals surface area contributed by atoms with Crippen molar-refractivity contribution in [3.63, 3.8) is 0 Å². The molecule has 0 atom stereocenters. The summed E-state index contributed by atoms with van der Waals surface area (Å²) in [6, 6.07) is 11.9. The number of benzene rings is 2. The van der Waals surface area contributed by atoms with E-state index in [2.05, 4.69) is 6.07 Å². The Hall–Kier alpha value is -3.21. The highest BCUT2D eigenvalue weighted by Crippen LogP contribution is 2.39. The number of hydrogen-bond acceptors (Lipinski definition) is 5. The topological polar surface area (TPSA) is 53.7 Å². The van der Waals surface area contributed by atoms with Crippen molar-refractivity contribution >= 4 is 21.8 Å². The maximum Gasteiger partial charge on any atom is 0.231 e. The minimum Gasteiger partial charge on any atom is -0.497 e. The van der Waals surface area contributed by atoms with Gasteiger partial charge in [-0.25, -0.2) is 4.98 Å². The molecule has 2 aromatic heterocycles. The second-order valence-corrected chi connectivity index (χ2v) is 5.65. The van der Waals surface area contributed by atoms with Gasteiger partial charge in [-0.3, -0.25) is 0 Å². The summed E-state index contributed by atoms with van der Waals surface area (Å²) in [6.45, 7) is 0.255. The Labute approximate surface area is 137 Å². The third kappa shape index (κ3) is 1.91. The van der Waals surface area contributed by atoms with E-state index < -0.39 is 0 Å². The molecule has 1 aliphatic rings. The molecule has 0 saturated heterocycles. The minimum absolute atomic E-state index is 0.255. The Morgan fingerprint density at radius 3 is 2.79 bits per heavy atom. The van der Waals surface area contributed by atoms with Crippen molar-refractivity contribution in [3.8, 4) is 28.4 Å². The third-order valence-electron chi connectivity index (χ3n) is 4.25. The first-order chi connectivity index (χ1) is 11.8. The van der Waals surface area contributed by atoms with Crippen LogP contribution in [0.3, 0.4) is 0 Å². The van der Waals surface area contributed by atoms with E-state index >= 15 is 0 Å². The van der Waals surface area contributed by atoms with Crippen LogP contribution in [0.2, 0.25) is 0 Å². The summed E-state index contributed by atoms with van der Waals surface area (Å²) < 4.78 is 21.6. The maximum atomic E-state index is 5.50. The number of rotatable bonds is 2. The van der Waals surface area contributed by atoms with E-state index in [1.54, 1.807) is 19.6 Å². The summed E-state index contributed by atoms with van der Waals surface area (Å²) in [5, 5.41) is 1.96. The van der Waals surface area contributed by atoms with Crippen LogP contribution in [0, 0.1) is 0 Å². The SMILES string of the molecule is COc1cc(-c2ccc3c(c2)OCO3)c2nc3cocc3cc2c1. The van der Waals surface area contributed by atoms with Crippen molar-refractivity contribution in [2.45, 2.75) is 0 Å². The van der Waals surface area contributed by atoms with E-state index in [-0.39, 0.29) is 6.79 Å². The summed E-state index contributed by atoms with van der Waals surface area (Å²) in [4.78, 5) is 4.76. The molecule has 4 aromatic rings. The van der Waals surface area contributed by atoms with Gasteiger partial charge in [-0.1, -0.05) is 6.07 Å². The highest BCUT2D eigenvalue weighted by atomic mass is 16.7. The quantitative estimate of drug-likeness (QED) is 0.548. The highest BCUT2D eigenvalue weighted by molar-refractivity contribution is 6.01. The maximum absolute atomic E-state index is 5.50. The normalized spacial score (nSPS) is 12.9. The van der Waals surface area contributed by atoms with E-state index in [9.17, 15) is 0 Å². The number of hydrogen-bond donors (Lipinski definition) is 0. The molecule has 3 heterocycles. The first kappa shape index (κ1) is 13.2. The van der Waals surface area contributed by atoms with E-state index in [1.165, 1.54) is 0 Å². The first-order valence-corrected chi connectivity index (χ1v) is 7.56. The van der Waals surface area contributed by atoms with Gasteiger partial charge in [0.2, 0.25) is 6.79 Å². The van der Waals surface area contributed by atoms with Crippen molar-refractivity contribution in [1.82, 2.24) is 4.98 Å². The molecule has 0 fully saturated rings. The molecule has 0 N–H and O–H groups in total. The number of aromatic nitrogens is 1. The molecule has 0 aliphatic carbocycles. The molecule has 0 bridgehead atoms. The monoisotopic (exact) mass is 319 g/mol. The minimum atomic E-state index is 0.255. The van der Waals surface area contributed by atoms with Gasteiger partial charge in [0.25, 0.3) is 0 Å². The predicted octanol–water partition coefficient (Wildman–Crippen LogP) is 4.39. The van der Waals surface area contributed by atoms with Crippen LogP contribution in [0.25, 0.3) is 32.9 Å². The third-order valence-corrected chi connectivity index (χ3v) is 4.25. The van der Waals surface area contributed by atoms with Crippen LogP contribution in [0.15, 0.2) is 53.3 Å². The highest BCUT2D eigenvalue weighted by Gasteiger charge is 2.16. The van der Waals surface area contributed by atoms with Gasteiger partial charge in [0.15, 0.2) is 11.5 Å². The molecule has 0 amide bonds. The zero-order valence-corrected chi connectivity index (χ0v) is 12.9. The standard InChI is InChI=1S/C19H13NO4/c1-21-14-5-12-4-13-8-22-9-16(13)20-19(12)15(7-14)11-2-3-17-18(6-11)24-10-23-17/h2-9H,10H2,1H3. The fourth-order valence-electron chi connectivity index (χ4n) is 3.05. The number of methoxy groups -OCH3 is 1. The summed E-state index contributed by atoms with van der Waals surface area (Å²) in [5.41, 5.74) is 3.70. The summed E-state index contributed by atoms with van der Waals surface area (Å²) in [7, 11) is 1.66. The zero-order chi connectivity index (χ0) is 16.1. The zero-order valence-electron chi connectivity index (χ0n) is 12.9. The van der Waals surface area contributed by atoms with Gasteiger partial charge in [0.1, 0.15) is 17.5 Å². The fourth-order valence-corrected chi connectivity index (χ4v) is 3.05. The van der Waals surface area contributed by atoms with E-state index in [0.29, 0.717) is 0 Å². The summed E-state index contributed by atoms with van der Waals surface area (Å²) >= 11 is 0. The van der Waals surface area contributed by atoms with Gasteiger partial charge in [-0.05, 0) is 35.9 Å². The van der Waals surface area contributed by atoms with Crippen molar-refractivity contribution in [2.75, 3.05) is 13.9 Å². The number of pyridine rings is 1. The summed E-state index contributed by atoms with van der Waals surface area (Å²) in [6.07, 6.45) is 3.35. The van der Waals surface area contributed by atoms with Gasteiger partial charge in [-0.15, -0.1) is 0 Å². The van der Waals surface area contributed by atoms with Crippen LogP contribution in [-0.4, -0.2) is 18.9 Å². The second kappa shape index (κ2) is 4.89. The van der Waals surface area contributed by atoms with Crippen LogP contribution in [0.4, 0.5) is 0 Å². The van der Waals surface area contributed by atoms with Gasteiger partial charge >= 0.3 is 0 Å². The molecular weight excluding hydrogens is 306 g/mol. The lowest BCUT2D eigenvalue weighted by molar-refractivity contribution is 0.174. The van der Waals surface area contributed by atoms with Gasteiger partial charge < -0.3 is 18.6 Å². The molecule has 0 spiro atoms. The Balaban J connectivity index is 1.82. The number of fused-ring (bicyclic) bond motifs is 3. The lowest BCUT2D eigenvalue weighted by Crippen LogP contribution is -1.93. The van der Waals surface area contributed by atoms with Crippen LogP contribution in [0.1, 0.15) is 0 Å². The molecule has 1 aliphatic heterocycles. The Kier molecular flexibility index (Phi) is 2.70. The molecule has 5 rings (SSSR count). The molecule has 5 nitrogen and oxygen atoms in total. The molecule has 24 heavy (non-hydrogen) atoms. The largest absolute Gasteiger partial charge is 0.497 e. The van der Waals surface area contributed by atoms with Crippen molar-refractivity contribution in [2.24, 2.45) is 0 Å². The lowest BCUT2D eigenvalue weighted by atomic mass is 10.0. The smallest absolute Gasteiger partial charge is 0.231 e. The average Bonchev–Trinajstić information content (AvgIpc) is 3.26. The summed E-state index contributed by atoms with van der Waals surface area (Å²) in [5.74, 6) is 2.28. The van der Waals surface area contributed by atoms with Gasteiger partial charge in [0, 0.05) is 16.3 Å². The van der Waals surface area contributed by atoms with Crippen molar-refractivity contribution in [1.29, 1.82) is 0 Å². The van der Waals surface area contributed by atoms with Gasteiger partial charge in [0.05, 0.1) is 18.9 Å². The van der Waals surface area contributed by atoms with E-state index in [0.717, 1.165) is 50.2 Å². The van der Waals surface area contributed by atoms with Crippen LogP contribution in [0.5, 0.6) is 17.2 Å². The predicted molar refractivity (Wildman–Crippen MR) is 89.6 cm³/mol. The van der Waals surface area contributed by atoms with E-state index in [4.69, 9.17) is 23.6 Å². The molecule has 2 aromatic carbocycles. The van der Waals surface area contributed by atoms with Crippen LogP contribution >= 0.6 is 0 Å². The Morgan fingerprint density at radius 1 is 0.958 bits per heavy atom.